The number of aromatic nitrogens is 3. The molecule has 0 aliphatic heterocycles. The molecule has 0 aliphatic carbocycles. The fraction of sp³-hybridized carbons (Fsp3) is 0.182. The number of carbonyl (C=O) groups is 1. The maximum absolute atomic E-state index is 11.7. The minimum atomic E-state index is -0.0861. The Balaban J connectivity index is 1.83. The lowest BCUT2D eigenvalue weighted by molar-refractivity contribution is 0.0954. The van der Waals surface area contributed by atoms with E-state index in [9.17, 15) is 4.79 Å². The van der Waals surface area contributed by atoms with Crippen LogP contribution in [0.1, 0.15) is 16.2 Å². The van der Waals surface area contributed by atoms with E-state index in [-0.39, 0.29) is 5.91 Å². The molecule has 0 spiro atoms. The first-order chi connectivity index (χ1) is 8.25. The summed E-state index contributed by atoms with van der Waals surface area (Å²) < 4.78 is 0.954. The normalized spacial score (nSPS) is 10.2. The van der Waals surface area contributed by atoms with Crippen LogP contribution in [0.2, 0.25) is 0 Å². The molecule has 0 aliphatic rings. The quantitative estimate of drug-likeness (QED) is 0.899. The Bertz CT molecular complexity index is 481. The lowest BCUT2D eigenvalue weighted by atomic mass is 10.2. The fourth-order valence-corrected chi connectivity index (χ4v) is 1.61. The fourth-order valence-electron chi connectivity index (χ4n) is 1.35. The maximum Gasteiger partial charge on any atom is 0.251 e. The summed E-state index contributed by atoms with van der Waals surface area (Å²) in [5.74, 6) is 0.679. The van der Waals surface area contributed by atoms with Gasteiger partial charge in [-0.1, -0.05) is 15.9 Å². The van der Waals surface area contributed by atoms with Gasteiger partial charge in [0.25, 0.3) is 5.91 Å². The topological polar surface area (TPSA) is 70.7 Å². The Morgan fingerprint density at radius 1 is 1.35 bits per heavy atom. The van der Waals surface area contributed by atoms with Crippen molar-refractivity contribution in [3.8, 4) is 0 Å². The predicted octanol–water partition coefficient (Wildman–Crippen LogP) is 1.54. The molecule has 2 rings (SSSR count). The third-order valence-corrected chi connectivity index (χ3v) is 2.75. The molecule has 88 valence electrons. The second-order valence-electron chi connectivity index (χ2n) is 3.44. The molecular formula is C11H11BrN4O. The summed E-state index contributed by atoms with van der Waals surface area (Å²) in [7, 11) is 0. The third kappa shape index (κ3) is 3.39. The highest BCUT2D eigenvalue weighted by molar-refractivity contribution is 9.10. The van der Waals surface area contributed by atoms with Gasteiger partial charge in [0.2, 0.25) is 0 Å². The number of nitrogens with one attached hydrogen (secondary N) is 2. The van der Waals surface area contributed by atoms with E-state index in [4.69, 9.17) is 0 Å². The first-order valence-electron chi connectivity index (χ1n) is 5.14. The Morgan fingerprint density at radius 2 is 2.12 bits per heavy atom. The van der Waals surface area contributed by atoms with Gasteiger partial charge in [-0.25, -0.2) is 4.98 Å². The highest BCUT2D eigenvalue weighted by Gasteiger charge is 2.04. The molecule has 6 heteroatoms. The van der Waals surface area contributed by atoms with Crippen LogP contribution in [-0.2, 0) is 6.42 Å². The van der Waals surface area contributed by atoms with Crippen molar-refractivity contribution < 1.29 is 4.79 Å². The van der Waals surface area contributed by atoms with Gasteiger partial charge in [0.05, 0.1) is 0 Å². The van der Waals surface area contributed by atoms with Crippen molar-refractivity contribution in [1.82, 2.24) is 20.5 Å². The average molecular weight is 295 g/mol. The molecule has 1 aromatic heterocycles. The molecule has 0 saturated carbocycles. The van der Waals surface area contributed by atoms with E-state index in [1.54, 1.807) is 12.1 Å². The van der Waals surface area contributed by atoms with Crippen molar-refractivity contribution in [3.05, 3.63) is 46.5 Å². The molecular weight excluding hydrogens is 284 g/mol. The number of H-pyrrole nitrogens is 1. The van der Waals surface area contributed by atoms with E-state index in [2.05, 4.69) is 36.4 Å². The first-order valence-corrected chi connectivity index (χ1v) is 5.93. The van der Waals surface area contributed by atoms with Crippen molar-refractivity contribution in [3.63, 3.8) is 0 Å². The van der Waals surface area contributed by atoms with E-state index in [0.717, 1.165) is 10.3 Å². The van der Waals surface area contributed by atoms with Crippen LogP contribution in [-0.4, -0.2) is 27.6 Å². The Hall–Kier alpha value is -1.69. The van der Waals surface area contributed by atoms with Gasteiger partial charge in [-0.05, 0) is 24.3 Å². The molecule has 0 unspecified atom stereocenters. The number of benzene rings is 1. The molecule has 0 saturated heterocycles. The molecule has 0 radical (unpaired) electrons. The summed E-state index contributed by atoms with van der Waals surface area (Å²) in [6, 6.07) is 7.22. The Morgan fingerprint density at radius 3 is 2.76 bits per heavy atom. The summed E-state index contributed by atoms with van der Waals surface area (Å²) in [5, 5.41) is 9.29. The molecule has 0 bridgehead atoms. The Labute approximate surface area is 107 Å². The van der Waals surface area contributed by atoms with Gasteiger partial charge in [0.15, 0.2) is 0 Å². The SMILES string of the molecule is O=C(NCCc1ncn[nH]1)c1ccc(Br)cc1. The summed E-state index contributed by atoms with van der Waals surface area (Å²) in [5.41, 5.74) is 0.644. The number of hydrogen-bond acceptors (Lipinski definition) is 3. The van der Waals surface area contributed by atoms with Crippen molar-refractivity contribution in [2.45, 2.75) is 6.42 Å². The van der Waals surface area contributed by atoms with Crippen molar-refractivity contribution in [2.75, 3.05) is 6.54 Å². The molecule has 0 fully saturated rings. The van der Waals surface area contributed by atoms with E-state index in [1.807, 2.05) is 12.1 Å². The van der Waals surface area contributed by atoms with E-state index >= 15 is 0 Å². The first kappa shape index (κ1) is 11.8. The number of amides is 1. The van der Waals surface area contributed by atoms with E-state index < -0.39 is 0 Å². The Kier molecular flexibility index (Phi) is 3.87. The predicted molar refractivity (Wildman–Crippen MR) is 66.6 cm³/mol. The second kappa shape index (κ2) is 5.58. The maximum atomic E-state index is 11.7. The van der Waals surface area contributed by atoms with Crippen molar-refractivity contribution in [2.24, 2.45) is 0 Å². The van der Waals surface area contributed by atoms with E-state index in [0.29, 0.717) is 18.5 Å². The molecule has 1 amide bonds. The largest absolute Gasteiger partial charge is 0.352 e. The van der Waals surface area contributed by atoms with Gasteiger partial charge in [0.1, 0.15) is 12.2 Å². The van der Waals surface area contributed by atoms with Crippen LogP contribution in [0.5, 0.6) is 0 Å². The highest BCUT2D eigenvalue weighted by Crippen LogP contribution is 2.10. The lowest BCUT2D eigenvalue weighted by Crippen LogP contribution is -2.25. The average Bonchev–Trinajstić information content (AvgIpc) is 2.83. The van der Waals surface area contributed by atoms with Gasteiger partial charge in [-0.2, -0.15) is 5.10 Å². The summed E-state index contributed by atoms with van der Waals surface area (Å²) >= 11 is 3.32. The minimum Gasteiger partial charge on any atom is -0.352 e. The number of carbonyl (C=O) groups excluding carboxylic acids is 1. The van der Waals surface area contributed by atoms with E-state index in [1.165, 1.54) is 6.33 Å². The second-order valence-corrected chi connectivity index (χ2v) is 4.36. The summed E-state index contributed by atoms with van der Waals surface area (Å²) in [4.78, 5) is 15.7. The van der Waals surface area contributed by atoms with Crippen LogP contribution < -0.4 is 5.32 Å². The summed E-state index contributed by atoms with van der Waals surface area (Å²) in [6.45, 7) is 0.532. The zero-order valence-corrected chi connectivity index (χ0v) is 10.6. The smallest absolute Gasteiger partial charge is 0.251 e. The van der Waals surface area contributed by atoms with Gasteiger partial charge in [-0.15, -0.1) is 0 Å². The molecule has 17 heavy (non-hydrogen) atoms. The van der Waals surface area contributed by atoms with Crippen LogP contribution in [0.25, 0.3) is 0 Å². The molecule has 1 aromatic carbocycles. The number of rotatable bonds is 4. The third-order valence-electron chi connectivity index (χ3n) is 2.22. The molecule has 2 aromatic rings. The van der Waals surface area contributed by atoms with Gasteiger partial charge >= 0.3 is 0 Å². The van der Waals surface area contributed by atoms with Crippen LogP contribution >= 0.6 is 15.9 Å². The van der Waals surface area contributed by atoms with Crippen LogP contribution in [0, 0.1) is 0 Å². The zero-order valence-electron chi connectivity index (χ0n) is 8.98. The lowest BCUT2D eigenvalue weighted by Gasteiger charge is -2.03. The number of nitrogens with zero attached hydrogens (tertiary/aromatic N) is 2. The number of hydrogen-bond donors (Lipinski definition) is 2. The standard InChI is InChI=1S/C11H11BrN4O/c12-9-3-1-8(2-4-9)11(17)13-6-5-10-14-7-15-16-10/h1-4,7H,5-6H2,(H,13,17)(H,14,15,16). The minimum absolute atomic E-state index is 0.0861. The van der Waals surface area contributed by atoms with Crippen LogP contribution in [0.3, 0.4) is 0 Å². The van der Waals surface area contributed by atoms with Crippen molar-refractivity contribution in [1.29, 1.82) is 0 Å². The van der Waals surface area contributed by atoms with Crippen molar-refractivity contribution >= 4 is 21.8 Å². The van der Waals surface area contributed by atoms with Gasteiger partial charge < -0.3 is 5.32 Å². The molecule has 5 nitrogen and oxygen atoms in total. The molecule has 2 N–H and O–H groups in total. The van der Waals surface area contributed by atoms with Crippen LogP contribution in [0.4, 0.5) is 0 Å². The summed E-state index contributed by atoms with van der Waals surface area (Å²) in [6.07, 6.45) is 2.09. The molecule has 0 atom stereocenters. The van der Waals surface area contributed by atoms with Gasteiger partial charge in [0, 0.05) is 23.0 Å². The van der Waals surface area contributed by atoms with Gasteiger partial charge in [-0.3, -0.25) is 9.89 Å². The molecule has 1 heterocycles. The zero-order chi connectivity index (χ0) is 12.1. The number of aromatic amines is 1. The van der Waals surface area contributed by atoms with Crippen LogP contribution in [0.15, 0.2) is 35.1 Å². The monoisotopic (exact) mass is 294 g/mol. The number of halogens is 1. The highest BCUT2D eigenvalue weighted by atomic mass is 79.9.